The van der Waals surface area contributed by atoms with Crippen molar-refractivity contribution >= 4 is 17.5 Å². The molecule has 0 spiro atoms. The molecule has 1 heterocycles. The third-order valence-corrected chi connectivity index (χ3v) is 6.51. The Morgan fingerprint density at radius 1 is 0.914 bits per heavy atom. The Hall–Kier alpha value is -3.10. The van der Waals surface area contributed by atoms with Crippen molar-refractivity contribution in [2.24, 2.45) is 0 Å². The molecule has 4 rings (SSSR count). The Balaban J connectivity index is 1.53. The highest BCUT2D eigenvalue weighted by atomic mass is 35.5. The van der Waals surface area contributed by atoms with Gasteiger partial charge in [-0.3, -0.25) is 4.79 Å². The van der Waals surface area contributed by atoms with Gasteiger partial charge in [0, 0.05) is 5.56 Å². The van der Waals surface area contributed by atoms with Gasteiger partial charge in [0.1, 0.15) is 17.6 Å². The zero-order valence-corrected chi connectivity index (χ0v) is 20.4. The van der Waals surface area contributed by atoms with E-state index < -0.39 is 17.4 Å². The molecule has 0 aliphatic carbocycles. The van der Waals surface area contributed by atoms with Crippen LogP contribution in [0.15, 0.2) is 78.9 Å². The van der Waals surface area contributed by atoms with Crippen molar-refractivity contribution in [1.29, 1.82) is 0 Å². The Bertz CT molecular complexity index is 1110. The molecule has 7 nitrogen and oxygen atoms in total. The van der Waals surface area contributed by atoms with Gasteiger partial charge < -0.3 is 29.0 Å². The second-order valence-corrected chi connectivity index (χ2v) is 8.61. The Morgan fingerprint density at radius 2 is 1.46 bits per heavy atom. The first kappa shape index (κ1) is 25.0. The quantitative estimate of drug-likeness (QED) is 0.271. The maximum Gasteiger partial charge on any atom is 0.255 e. The number of nitrogens with zero attached hydrogens (tertiary/aromatic N) is 1. The summed E-state index contributed by atoms with van der Waals surface area (Å²) < 4.78 is 22.4. The van der Waals surface area contributed by atoms with Crippen molar-refractivity contribution in [2.45, 2.75) is 30.6 Å². The topological polar surface area (TPSA) is 77.5 Å². The van der Waals surface area contributed by atoms with E-state index in [0.29, 0.717) is 11.3 Å². The molecular formula is C27H28ClNO6. The lowest BCUT2D eigenvalue weighted by molar-refractivity contribution is -0.259. The van der Waals surface area contributed by atoms with Crippen LogP contribution in [0.5, 0.6) is 11.5 Å². The second kappa shape index (κ2) is 11.1. The molecule has 1 aliphatic rings. The highest BCUT2D eigenvalue weighted by Crippen LogP contribution is 2.37. The standard InChI is InChI=1S/C27H28ClNO6/c1-32-22-12-8-19(9-13-22)17-34-24-16-29(25(30)21-6-4-3-5-7-21)26(28)27(24,31)35-18-20-10-14-23(33-2)15-11-20/h3-15,24,26,31H,16-18H2,1-2H3/t24?,26?,27-/m1/s1. The fourth-order valence-electron chi connectivity index (χ4n) is 3.88. The lowest BCUT2D eigenvalue weighted by Gasteiger charge is -2.32. The van der Waals surface area contributed by atoms with Gasteiger partial charge in [0.15, 0.2) is 5.50 Å². The Labute approximate surface area is 209 Å². The van der Waals surface area contributed by atoms with E-state index in [0.717, 1.165) is 16.9 Å². The third kappa shape index (κ3) is 5.60. The van der Waals surface area contributed by atoms with Gasteiger partial charge in [-0.1, -0.05) is 54.1 Å². The van der Waals surface area contributed by atoms with Crippen LogP contribution in [0.2, 0.25) is 0 Å². The monoisotopic (exact) mass is 497 g/mol. The fourth-order valence-corrected chi connectivity index (χ4v) is 4.26. The fraction of sp³-hybridized carbons (Fsp3) is 0.296. The van der Waals surface area contributed by atoms with Crippen molar-refractivity contribution in [1.82, 2.24) is 4.90 Å². The predicted octanol–water partition coefficient (Wildman–Crippen LogP) is 4.22. The molecule has 3 atom stereocenters. The van der Waals surface area contributed by atoms with E-state index in [1.807, 2.05) is 42.5 Å². The van der Waals surface area contributed by atoms with E-state index >= 15 is 0 Å². The molecule has 1 fully saturated rings. The molecule has 3 aromatic carbocycles. The van der Waals surface area contributed by atoms with Gasteiger partial charge >= 0.3 is 0 Å². The van der Waals surface area contributed by atoms with Crippen molar-refractivity contribution in [3.8, 4) is 11.5 Å². The minimum atomic E-state index is -1.93. The predicted molar refractivity (Wildman–Crippen MR) is 131 cm³/mol. The van der Waals surface area contributed by atoms with E-state index in [4.69, 9.17) is 30.5 Å². The molecule has 0 bridgehead atoms. The molecule has 1 amide bonds. The van der Waals surface area contributed by atoms with Gasteiger partial charge in [-0.15, -0.1) is 0 Å². The molecule has 1 saturated heterocycles. The molecule has 0 aromatic heterocycles. The molecule has 2 unspecified atom stereocenters. The smallest absolute Gasteiger partial charge is 0.255 e. The maximum atomic E-state index is 13.2. The summed E-state index contributed by atoms with van der Waals surface area (Å²) in [6, 6.07) is 23.5. The highest BCUT2D eigenvalue weighted by Gasteiger charge is 2.56. The molecule has 184 valence electrons. The minimum absolute atomic E-state index is 0.0666. The molecular weight excluding hydrogens is 470 g/mol. The zero-order valence-electron chi connectivity index (χ0n) is 19.6. The Kier molecular flexibility index (Phi) is 7.93. The number of amides is 1. The minimum Gasteiger partial charge on any atom is -0.497 e. The van der Waals surface area contributed by atoms with Crippen LogP contribution >= 0.6 is 11.6 Å². The van der Waals surface area contributed by atoms with Gasteiger partial charge in [-0.2, -0.15) is 0 Å². The second-order valence-electron chi connectivity index (χ2n) is 8.20. The number of carbonyl (C=O) groups is 1. The van der Waals surface area contributed by atoms with Gasteiger partial charge in [0.25, 0.3) is 5.91 Å². The molecule has 8 heteroatoms. The van der Waals surface area contributed by atoms with Crippen LogP contribution in [0.4, 0.5) is 0 Å². The summed E-state index contributed by atoms with van der Waals surface area (Å²) in [6.07, 6.45) is -0.877. The number of ether oxygens (including phenoxy) is 4. The first-order valence-electron chi connectivity index (χ1n) is 11.2. The van der Waals surface area contributed by atoms with Gasteiger partial charge in [0.2, 0.25) is 5.79 Å². The van der Waals surface area contributed by atoms with Crippen LogP contribution in [0.3, 0.4) is 0 Å². The van der Waals surface area contributed by atoms with E-state index in [9.17, 15) is 9.90 Å². The largest absolute Gasteiger partial charge is 0.497 e. The van der Waals surface area contributed by atoms with Crippen molar-refractivity contribution < 1.29 is 28.8 Å². The highest BCUT2D eigenvalue weighted by molar-refractivity contribution is 6.22. The average molecular weight is 498 g/mol. The first-order chi connectivity index (χ1) is 16.9. The van der Waals surface area contributed by atoms with Crippen LogP contribution in [0.1, 0.15) is 21.5 Å². The van der Waals surface area contributed by atoms with Crippen molar-refractivity contribution in [3.63, 3.8) is 0 Å². The number of alkyl halides is 1. The van der Waals surface area contributed by atoms with Gasteiger partial charge in [-0.05, 0) is 47.5 Å². The normalized spacial score (nSPS) is 21.7. The average Bonchev–Trinajstić information content (AvgIpc) is 3.16. The number of methoxy groups -OCH3 is 2. The van der Waals surface area contributed by atoms with Gasteiger partial charge in [0.05, 0.1) is 34.0 Å². The van der Waals surface area contributed by atoms with E-state index in [1.54, 1.807) is 50.6 Å². The molecule has 0 radical (unpaired) electrons. The number of likely N-dealkylation sites (tertiary alicyclic amines) is 1. The van der Waals surface area contributed by atoms with Crippen molar-refractivity contribution in [3.05, 3.63) is 95.6 Å². The molecule has 0 saturated carbocycles. The van der Waals surface area contributed by atoms with Crippen LogP contribution in [-0.4, -0.2) is 54.1 Å². The van der Waals surface area contributed by atoms with E-state index in [1.165, 1.54) is 4.90 Å². The van der Waals surface area contributed by atoms with Crippen LogP contribution in [0.25, 0.3) is 0 Å². The summed E-state index contributed by atoms with van der Waals surface area (Å²) in [4.78, 5) is 14.6. The number of aliphatic hydroxyl groups is 1. The summed E-state index contributed by atoms with van der Waals surface area (Å²) >= 11 is 6.67. The van der Waals surface area contributed by atoms with Crippen LogP contribution in [0, 0.1) is 0 Å². The lowest BCUT2D eigenvalue weighted by atomic mass is 10.1. The molecule has 1 N–H and O–H groups in total. The van der Waals surface area contributed by atoms with Crippen LogP contribution in [-0.2, 0) is 22.7 Å². The van der Waals surface area contributed by atoms with Crippen molar-refractivity contribution in [2.75, 3.05) is 20.8 Å². The van der Waals surface area contributed by atoms with E-state index in [-0.39, 0.29) is 25.7 Å². The SMILES string of the molecule is COc1ccc(COC2CN(C(=O)c3ccccc3)C(Cl)[C@]2(O)OCc2ccc(OC)cc2)cc1. The summed E-state index contributed by atoms with van der Waals surface area (Å²) in [7, 11) is 3.19. The summed E-state index contributed by atoms with van der Waals surface area (Å²) in [5, 5.41) is 11.6. The lowest BCUT2D eigenvalue weighted by Crippen LogP contribution is -2.50. The number of halogens is 1. The first-order valence-corrected chi connectivity index (χ1v) is 11.6. The molecule has 35 heavy (non-hydrogen) atoms. The number of benzene rings is 3. The number of carbonyl (C=O) groups excluding carboxylic acids is 1. The summed E-state index contributed by atoms with van der Waals surface area (Å²) in [6.45, 7) is 0.330. The number of hydrogen-bond donors (Lipinski definition) is 1. The van der Waals surface area contributed by atoms with Gasteiger partial charge in [-0.25, -0.2) is 0 Å². The summed E-state index contributed by atoms with van der Waals surface area (Å²) in [5.74, 6) is -0.802. The third-order valence-electron chi connectivity index (χ3n) is 5.96. The number of rotatable bonds is 9. The number of hydrogen-bond acceptors (Lipinski definition) is 6. The maximum absolute atomic E-state index is 13.2. The zero-order chi connectivity index (χ0) is 24.8. The molecule has 3 aromatic rings. The summed E-state index contributed by atoms with van der Waals surface area (Å²) in [5.41, 5.74) is 0.993. The van der Waals surface area contributed by atoms with E-state index in [2.05, 4.69) is 0 Å². The Morgan fingerprint density at radius 3 is 2.00 bits per heavy atom. The van der Waals surface area contributed by atoms with Crippen LogP contribution < -0.4 is 9.47 Å². The molecule has 1 aliphatic heterocycles.